The van der Waals surface area contributed by atoms with E-state index in [-0.39, 0.29) is 18.1 Å². The van der Waals surface area contributed by atoms with Gasteiger partial charge < -0.3 is 19.5 Å². The molecule has 6 heteroatoms. The van der Waals surface area contributed by atoms with Gasteiger partial charge in [0, 0.05) is 37.8 Å². The number of amides is 1. The Morgan fingerprint density at radius 2 is 1.87 bits per heavy atom. The van der Waals surface area contributed by atoms with Gasteiger partial charge in [-0.05, 0) is 26.0 Å². The summed E-state index contributed by atoms with van der Waals surface area (Å²) < 4.78 is 16.7. The van der Waals surface area contributed by atoms with E-state index in [0.29, 0.717) is 25.4 Å². The molecule has 1 saturated heterocycles. The molecule has 0 radical (unpaired) electrons. The van der Waals surface area contributed by atoms with Gasteiger partial charge in [0.25, 0.3) is 0 Å². The minimum Gasteiger partial charge on any atom is -0.486 e. The van der Waals surface area contributed by atoms with Crippen LogP contribution in [0.2, 0.25) is 0 Å². The molecule has 0 aliphatic carbocycles. The minimum atomic E-state index is 0.00785. The summed E-state index contributed by atoms with van der Waals surface area (Å²) in [6.45, 7) is 7.74. The third-order valence-corrected chi connectivity index (χ3v) is 3.98. The summed E-state index contributed by atoms with van der Waals surface area (Å²) in [5.41, 5.74) is 0.739. The molecule has 1 fully saturated rings. The average Bonchev–Trinajstić information content (AvgIpc) is 2.52. The molecule has 2 atom stereocenters. The van der Waals surface area contributed by atoms with Crippen molar-refractivity contribution in [1.29, 1.82) is 0 Å². The Morgan fingerprint density at radius 3 is 2.61 bits per heavy atom. The highest BCUT2D eigenvalue weighted by Gasteiger charge is 2.22. The van der Waals surface area contributed by atoms with Crippen LogP contribution in [0.25, 0.3) is 0 Å². The number of rotatable bonds is 4. The van der Waals surface area contributed by atoms with Gasteiger partial charge in [0.15, 0.2) is 11.5 Å². The zero-order valence-electron chi connectivity index (χ0n) is 13.7. The summed E-state index contributed by atoms with van der Waals surface area (Å²) in [6.07, 6.45) is 0.910. The Kier molecular flexibility index (Phi) is 5.03. The predicted octanol–water partition coefficient (Wildman–Crippen LogP) is 1.90. The van der Waals surface area contributed by atoms with Crippen molar-refractivity contribution in [1.82, 2.24) is 4.90 Å². The fourth-order valence-corrected chi connectivity index (χ4v) is 3.07. The van der Waals surface area contributed by atoms with Crippen molar-refractivity contribution in [3.8, 4) is 11.5 Å². The first-order valence-electron chi connectivity index (χ1n) is 8.17. The van der Waals surface area contributed by atoms with Crippen molar-refractivity contribution in [3.05, 3.63) is 18.2 Å². The lowest BCUT2D eigenvalue weighted by Crippen LogP contribution is -2.46. The highest BCUT2D eigenvalue weighted by Crippen LogP contribution is 2.32. The molecular weight excluding hydrogens is 296 g/mol. The Labute approximate surface area is 136 Å². The van der Waals surface area contributed by atoms with Gasteiger partial charge in [-0.1, -0.05) is 0 Å². The van der Waals surface area contributed by atoms with Crippen LogP contribution in [-0.2, 0) is 9.53 Å². The Hall–Kier alpha value is -1.79. The van der Waals surface area contributed by atoms with Crippen LogP contribution in [0.3, 0.4) is 0 Å². The zero-order valence-corrected chi connectivity index (χ0v) is 13.7. The molecule has 23 heavy (non-hydrogen) atoms. The van der Waals surface area contributed by atoms with Crippen LogP contribution < -0.4 is 14.8 Å². The largest absolute Gasteiger partial charge is 0.486 e. The number of carbonyl (C=O) groups is 1. The standard InChI is InChI=1S/C17H24N2O4/c1-12-10-19(11-13(2)23-12)6-5-17(20)18-14-3-4-15-16(9-14)22-8-7-21-15/h3-4,9,12-13H,5-8,10-11H2,1-2H3,(H,18,20)/t12-,13-/m1/s1. The molecule has 0 bridgehead atoms. The molecule has 3 rings (SSSR count). The topological polar surface area (TPSA) is 60.0 Å². The van der Waals surface area contributed by atoms with Crippen LogP contribution in [0, 0.1) is 0 Å². The summed E-state index contributed by atoms with van der Waals surface area (Å²) in [5.74, 6) is 1.42. The van der Waals surface area contributed by atoms with Gasteiger partial charge in [-0.3, -0.25) is 9.69 Å². The maximum Gasteiger partial charge on any atom is 0.225 e. The van der Waals surface area contributed by atoms with E-state index >= 15 is 0 Å². The second kappa shape index (κ2) is 7.19. The fourth-order valence-electron chi connectivity index (χ4n) is 3.07. The molecule has 2 heterocycles. The molecule has 1 amide bonds. The van der Waals surface area contributed by atoms with Crippen LogP contribution in [-0.4, -0.2) is 55.9 Å². The molecule has 6 nitrogen and oxygen atoms in total. The number of fused-ring (bicyclic) bond motifs is 1. The molecule has 0 saturated carbocycles. The summed E-state index contributed by atoms with van der Waals surface area (Å²) in [7, 11) is 0. The molecule has 2 aliphatic heterocycles. The molecule has 1 aromatic carbocycles. The van der Waals surface area contributed by atoms with Crippen molar-refractivity contribution in [2.45, 2.75) is 32.5 Å². The monoisotopic (exact) mass is 320 g/mol. The van der Waals surface area contributed by atoms with Gasteiger partial charge >= 0.3 is 0 Å². The molecule has 0 spiro atoms. The molecule has 0 aromatic heterocycles. The first-order chi connectivity index (χ1) is 11.1. The van der Waals surface area contributed by atoms with Crippen LogP contribution in [0.4, 0.5) is 5.69 Å². The minimum absolute atomic E-state index is 0.00785. The number of ether oxygens (including phenoxy) is 3. The highest BCUT2D eigenvalue weighted by molar-refractivity contribution is 5.91. The molecule has 0 unspecified atom stereocenters. The first-order valence-corrected chi connectivity index (χ1v) is 8.17. The van der Waals surface area contributed by atoms with Gasteiger partial charge in [-0.2, -0.15) is 0 Å². The van der Waals surface area contributed by atoms with Crippen molar-refractivity contribution in [2.24, 2.45) is 0 Å². The van der Waals surface area contributed by atoms with E-state index in [4.69, 9.17) is 14.2 Å². The van der Waals surface area contributed by atoms with E-state index in [0.717, 1.165) is 31.1 Å². The van der Waals surface area contributed by atoms with Crippen LogP contribution >= 0.6 is 0 Å². The lowest BCUT2D eigenvalue weighted by atomic mass is 10.2. The Bertz CT molecular complexity index is 554. The van der Waals surface area contributed by atoms with E-state index in [2.05, 4.69) is 24.1 Å². The number of benzene rings is 1. The third-order valence-electron chi connectivity index (χ3n) is 3.98. The van der Waals surface area contributed by atoms with Crippen LogP contribution in [0.5, 0.6) is 11.5 Å². The van der Waals surface area contributed by atoms with Gasteiger partial charge in [0.2, 0.25) is 5.91 Å². The molecular formula is C17H24N2O4. The molecule has 1 aromatic rings. The van der Waals surface area contributed by atoms with Crippen molar-refractivity contribution in [2.75, 3.05) is 38.2 Å². The van der Waals surface area contributed by atoms with Crippen molar-refractivity contribution < 1.29 is 19.0 Å². The SMILES string of the molecule is C[C@@H]1CN(CCC(=O)Nc2ccc3c(c2)OCCO3)C[C@@H](C)O1. The van der Waals surface area contributed by atoms with Gasteiger partial charge in [-0.15, -0.1) is 0 Å². The second-order valence-corrected chi connectivity index (χ2v) is 6.17. The smallest absolute Gasteiger partial charge is 0.225 e. The predicted molar refractivity (Wildman–Crippen MR) is 87.1 cm³/mol. The van der Waals surface area contributed by atoms with Gasteiger partial charge in [0.1, 0.15) is 13.2 Å². The summed E-state index contributed by atoms with van der Waals surface area (Å²) in [6, 6.07) is 5.48. The van der Waals surface area contributed by atoms with Crippen molar-refractivity contribution >= 4 is 11.6 Å². The number of carbonyl (C=O) groups excluding carboxylic acids is 1. The summed E-state index contributed by atoms with van der Waals surface area (Å²) in [5, 5.41) is 2.92. The molecule has 2 aliphatic rings. The second-order valence-electron chi connectivity index (χ2n) is 6.17. The van der Waals surface area contributed by atoms with E-state index < -0.39 is 0 Å². The normalized spacial score (nSPS) is 24.3. The molecule has 1 N–H and O–H groups in total. The lowest BCUT2D eigenvalue weighted by Gasteiger charge is -2.35. The number of nitrogens with one attached hydrogen (secondary N) is 1. The number of hydrogen-bond acceptors (Lipinski definition) is 5. The maximum atomic E-state index is 12.1. The zero-order chi connectivity index (χ0) is 16.2. The van der Waals surface area contributed by atoms with E-state index in [9.17, 15) is 4.79 Å². The number of nitrogens with zero attached hydrogens (tertiary/aromatic N) is 1. The fraction of sp³-hybridized carbons (Fsp3) is 0.588. The number of anilines is 1. The average molecular weight is 320 g/mol. The van der Waals surface area contributed by atoms with E-state index in [1.807, 2.05) is 18.2 Å². The van der Waals surface area contributed by atoms with E-state index in [1.54, 1.807) is 0 Å². The maximum absolute atomic E-state index is 12.1. The first kappa shape index (κ1) is 16.1. The molecule has 126 valence electrons. The summed E-state index contributed by atoms with van der Waals surface area (Å²) in [4.78, 5) is 14.4. The van der Waals surface area contributed by atoms with Crippen LogP contribution in [0.1, 0.15) is 20.3 Å². The van der Waals surface area contributed by atoms with Gasteiger partial charge in [-0.25, -0.2) is 0 Å². The lowest BCUT2D eigenvalue weighted by molar-refractivity contribution is -0.117. The third kappa shape index (κ3) is 4.36. The van der Waals surface area contributed by atoms with Crippen molar-refractivity contribution in [3.63, 3.8) is 0 Å². The Balaban J connectivity index is 1.49. The van der Waals surface area contributed by atoms with E-state index in [1.165, 1.54) is 0 Å². The Morgan fingerprint density at radius 1 is 1.17 bits per heavy atom. The number of hydrogen-bond donors (Lipinski definition) is 1. The highest BCUT2D eigenvalue weighted by atomic mass is 16.6. The number of morpholine rings is 1. The quantitative estimate of drug-likeness (QED) is 0.918. The van der Waals surface area contributed by atoms with Gasteiger partial charge in [0.05, 0.1) is 12.2 Å². The van der Waals surface area contributed by atoms with Crippen LogP contribution in [0.15, 0.2) is 18.2 Å². The summed E-state index contributed by atoms with van der Waals surface area (Å²) >= 11 is 0.